The number of aromatic nitrogens is 2. The van der Waals surface area contributed by atoms with Gasteiger partial charge < -0.3 is 10.1 Å². The van der Waals surface area contributed by atoms with Crippen LogP contribution in [-0.2, 0) is 9.53 Å². The van der Waals surface area contributed by atoms with Crippen LogP contribution in [0, 0.1) is 6.92 Å². The lowest BCUT2D eigenvalue weighted by molar-refractivity contribution is -0.139. The second kappa shape index (κ2) is 7.65. The van der Waals surface area contributed by atoms with E-state index in [1.165, 1.54) is 7.11 Å². The van der Waals surface area contributed by atoms with Crippen LogP contribution in [0.5, 0.6) is 0 Å². The van der Waals surface area contributed by atoms with Gasteiger partial charge in [-0.15, -0.1) is 0 Å². The first-order chi connectivity index (χ1) is 12.6. The smallest absolute Gasteiger partial charge is 0.325 e. The predicted molar refractivity (Wildman–Crippen MR) is 98.1 cm³/mol. The van der Waals surface area contributed by atoms with Crippen LogP contribution in [0.2, 0.25) is 0 Å². The molecule has 0 aliphatic carbocycles. The maximum atomic E-state index is 12.8. The molecule has 0 radical (unpaired) electrons. The van der Waals surface area contributed by atoms with Crippen molar-refractivity contribution in [2.45, 2.75) is 6.92 Å². The van der Waals surface area contributed by atoms with Gasteiger partial charge in [-0.05, 0) is 19.1 Å². The summed E-state index contributed by atoms with van der Waals surface area (Å²) in [6.45, 7) is 1.64. The van der Waals surface area contributed by atoms with Gasteiger partial charge in [0.15, 0.2) is 0 Å². The zero-order valence-electron chi connectivity index (χ0n) is 14.6. The van der Waals surface area contributed by atoms with E-state index >= 15 is 0 Å². The number of nitrogens with one attached hydrogen (secondary N) is 1. The Kier molecular flexibility index (Phi) is 5.12. The molecule has 0 saturated heterocycles. The SMILES string of the molecule is COC(=O)CNC(=O)c1c(-c2ccccc2)nn(-c2ccccc2)c1C. The van der Waals surface area contributed by atoms with Crippen molar-refractivity contribution in [3.63, 3.8) is 0 Å². The zero-order chi connectivity index (χ0) is 18.5. The van der Waals surface area contributed by atoms with Crippen molar-refractivity contribution in [1.29, 1.82) is 0 Å². The molecular weight excluding hydrogens is 330 g/mol. The number of para-hydroxylation sites is 1. The van der Waals surface area contributed by atoms with Crippen LogP contribution in [0.25, 0.3) is 16.9 Å². The number of esters is 1. The van der Waals surface area contributed by atoms with E-state index in [-0.39, 0.29) is 12.5 Å². The number of hydrogen-bond acceptors (Lipinski definition) is 4. The first kappa shape index (κ1) is 17.4. The zero-order valence-corrected chi connectivity index (χ0v) is 14.6. The maximum Gasteiger partial charge on any atom is 0.325 e. The van der Waals surface area contributed by atoms with Gasteiger partial charge in [-0.2, -0.15) is 5.10 Å². The Morgan fingerprint density at radius 3 is 2.27 bits per heavy atom. The molecule has 0 fully saturated rings. The number of ether oxygens (including phenoxy) is 1. The molecular formula is C20H19N3O3. The number of benzene rings is 2. The number of rotatable bonds is 5. The number of carbonyl (C=O) groups excluding carboxylic acids is 2. The van der Waals surface area contributed by atoms with Gasteiger partial charge in [0, 0.05) is 5.56 Å². The summed E-state index contributed by atoms with van der Waals surface area (Å²) in [7, 11) is 1.28. The molecule has 0 saturated carbocycles. The molecule has 26 heavy (non-hydrogen) atoms. The molecule has 3 rings (SSSR count). The van der Waals surface area contributed by atoms with E-state index in [0.717, 1.165) is 11.3 Å². The molecule has 2 aromatic carbocycles. The van der Waals surface area contributed by atoms with Gasteiger partial charge in [-0.1, -0.05) is 48.5 Å². The third-order valence-corrected chi connectivity index (χ3v) is 4.01. The van der Waals surface area contributed by atoms with E-state index < -0.39 is 5.97 Å². The number of methoxy groups -OCH3 is 1. The molecule has 1 aromatic heterocycles. The molecule has 0 spiro atoms. The Morgan fingerprint density at radius 1 is 1.04 bits per heavy atom. The standard InChI is InChI=1S/C20H19N3O3/c1-14-18(20(25)21-13-17(24)26-2)19(15-9-5-3-6-10-15)22-23(14)16-11-7-4-8-12-16/h3-12H,13H2,1-2H3,(H,21,25). The first-order valence-corrected chi connectivity index (χ1v) is 8.17. The summed E-state index contributed by atoms with van der Waals surface area (Å²) in [5.41, 5.74) is 3.37. The molecule has 1 N–H and O–H groups in total. The summed E-state index contributed by atoms with van der Waals surface area (Å²) in [6.07, 6.45) is 0. The number of amides is 1. The number of carbonyl (C=O) groups is 2. The molecule has 0 aliphatic rings. The second-order valence-electron chi connectivity index (χ2n) is 5.68. The summed E-state index contributed by atoms with van der Waals surface area (Å²) in [6, 6.07) is 19.1. The van der Waals surface area contributed by atoms with Crippen molar-refractivity contribution in [3.05, 3.63) is 71.9 Å². The highest BCUT2D eigenvalue weighted by molar-refractivity contribution is 6.02. The molecule has 1 heterocycles. The summed E-state index contributed by atoms with van der Waals surface area (Å²) < 4.78 is 6.31. The predicted octanol–water partition coefficient (Wildman–Crippen LogP) is 2.75. The minimum Gasteiger partial charge on any atom is -0.468 e. The van der Waals surface area contributed by atoms with E-state index in [1.54, 1.807) is 4.68 Å². The number of hydrogen-bond donors (Lipinski definition) is 1. The average molecular weight is 349 g/mol. The van der Waals surface area contributed by atoms with Gasteiger partial charge in [0.1, 0.15) is 12.2 Å². The topological polar surface area (TPSA) is 73.2 Å². The van der Waals surface area contributed by atoms with Gasteiger partial charge >= 0.3 is 5.97 Å². The minimum atomic E-state index is -0.507. The van der Waals surface area contributed by atoms with E-state index in [0.29, 0.717) is 17.0 Å². The van der Waals surface area contributed by atoms with Gasteiger partial charge in [0.2, 0.25) is 0 Å². The van der Waals surface area contributed by atoms with Crippen molar-refractivity contribution in [2.24, 2.45) is 0 Å². The molecule has 1 amide bonds. The lowest BCUT2D eigenvalue weighted by atomic mass is 10.1. The molecule has 6 heteroatoms. The Hall–Kier alpha value is -3.41. The van der Waals surface area contributed by atoms with Crippen LogP contribution >= 0.6 is 0 Å². The quantitative estimate of drug-likeness (QED) is 0.719. The monoisotopic (exact) mass is 349 g/mol. The van der Waals surface area contributed by atoms with E-state index in [4.69, 9.17) is 0 Å². The highest BCUT2D eigenvalue weighted by Gasteiger charge is 2.23. The minimum absolute atomic E-state index is 0.195. The van der Waals surface area contributed by atoms with Crippen molar-refractivity contribution in [1.82, 2.24) is 15.1 Å². The molecule has 132 valence electrons. The Balaban J connectivity index is 2.07. The van der Waals surface area contributed by atoms with E-state index in [1.807, 2.05) is 67.6 Å². The van der Waals surface area contributed by atoms with Gasteiger partial charge in [0.05, 0.1) is 24.1 Å². The highest BCUT2D eigenvalue weighted by atomic mass is 16.5. The van der Waals surface area contributed by atoms with Gasteiger partial charge in [0.25, 0.3) is 5.91 Å². The lowest BCUT2D eigenvalue weighted by Gasteiger charge is -2.06. The third kappa shape index (κ3) is 3.49. The van der Waals surface area contributed by atoms with Gasteiger partial charge in [-0.3, -0.25) is 9.59 Å². The van der Waals surface area contributed by atoms with Crippen molar-refractivity contribution >= 4 is 11.9 Å². The maximum absolute atomic E-state index is 12.8. The average Bonchev–Trinajstić information content (AvgIpc) is 3.04. The van der Waals surface area contributed by atoms with Crippen LogP contribution in [0.3, 0.4) is 0 Å². The van der Waals surface area contributed by atoms with Crippen LogP contribution in [0.15, 0.2) is 60.7 Å². The fourth-order valence-corrected chi connectivity index (χ4v) is 2.71. The molecule has 6 nitrogen and oxygen atoms in total. The lowest BCUT2D eigenvalue weighted by Crippen LogP contribution is -2.30. The summed E-state index contributed by atoms with van der Waals surface area (Å²) >= 11 is 0. The fourth-order valence-electron chi connectivity index (χ4n) is 2.71. The van der Waals surface area contributed by atoms with Crippen molar-refractivity contribution < 1.29 is 14.3 Å². The van der Waals surface area contributed by atoms with Crippen LogP contribution in [-0.4, -0.2) is 35.3 Å². The molecule has 0 bridgehead atoms. The normalized spacial score (nSPS) is 10.4. The van der Waals surface area contributed by atoms with E-state index in [2.05, 4.69) is 15.2 Å². The summed E-state index contributed by atoms with van der Waals surface area (Å²) in [5, 5.41) is 7.26. The summed E-state index contributed by atoms with van der Waals surface area (Å²) in [4.78, 5) is 24.1. The molecule has 3 aromatic rings. The highest BCUT2D eigenvalue weighted by Crippen LogP contribution is 2.27. The molecule has 0 unspecified atom stereocenters. The number of nitrogens with zero attached hydrogens (tertiary/aromatic N) is 2. The van der Waals surface area contributed by atoms with E-state index in [9.17, 15) is 9.59 Å². The van der Waals surface area contributed by atoms with Crippen LogP contribution < -0.4 is 5.32 Å². The first-order valence-electron chi connectivity index (χ1n) is 8.17. The van der Waals surface area contributed by atoms with Crippen molar-refractivity contribution in [2.75, 3.05) is 13.7 Å². The third-order valence-electron chi connectivity index (χ3n) is 4.01. The fraction of sp³-hybridized carbons (Fsp3) is 0.150. The van der Waals surface area contributed by atoms with Crippen LogP contribution in [0.1, 0.15) is 16.1 Å². The Labute approximate surface area is 151 Å². The Morgan fingerprint density at radius 2 is 1.65 bits per heavy atom. The Bertz CT molecular complexity index is 918. The second-order valence-corrected chi connectivity index (χ2v) is 5.68. The largest absolute Gasteiger partial charge is 0.468 e. The van der Waals surface area contributed by atoms with Crippen molar-refractivity contribution in [3.8, 4) is 16.9 Å². The van der Waals surface area contributed by atoms with Gasteiger partial charge in [-0.25, -0.2) is 4.68 Å². The molecule has 0 atom stereocenters. The summed E-state index contributed by atoms with van der Waals surface area (Å²) in [5.74, 6) is -0.873. The van der Waals surface area contributed by atoms with Crippen LogP contribution in [0.4, 0.5) is 0 Å². The molecule has 0 aliphatic heterocycles.